The maximum Gasteiger partial charge on any atom is 0.0966 e. The number of thioether (sulfide) groups is 1. The summed E-state index contributed by atoms with van der Waals surface area (Å²) < 4.78 is 0. The minimum atomic E-state index is 0.929. The number of hydrogen-bond donors (Lipinski definition) is 1. The zero-order valence-electron chi connectivity index (χ0n) is 12.2. The first-order valence-electron chi connectivity index (χ1n) is 7.53. The quantitative estimate of drug-likeness (QED) is 0.630. The molecule has 0 saturated heterocycles. The van der Waals surface area contributed by atoms with E-state index in [9.17, 15) is 0 Å². The zero-order valence-corrected chi connectivity index (χ0v) is 13.1. The first-order valence-corrected chi connectivity index (χ1v) is 8.51. The van der Waals surface area contributed by atoms with Crippen LogP contribution in [0.15, 0.2) is 17.2 Å². The normalized spacial score (nSPS) is 16.7. The van der Waals surface area contributed by atoms with Gasteiger partial charge in [-0.25, -0.2) is 4.98 Å². The molecule has 1 aromatic rings. The van der Waals surface area contributed by atoms with Gasteiger partial charge in [-0.3, -0.25) is 0 Å². The van der Waals surface area contributed by atoms with Crippen LogP contribution in [0.2, 0.25) is 0 Å². The second-order valence-electron chi connectivity index (χ2n) is 5.68. The van der Waals surface area contributed by atoms with Crippen LogP contribution in [0.3, 0.4) is 0 Å². The summed E-state index contributed by atoms with van der Waals surface area (Å²) in [7, 11) is 0. The number of hydrogen-bond acceptors (Lipinski definition) is 3. The van der Waals surface area contributed by atoms with Crippen LogP contribution in [-0.4, -0.2) is 23.8 Å². The summed E-state index contributed by atoms with van der Waals surface area (Å²) in [5, 5.41) is 4.77. The molecule has 2 rings (SSSR count). The van der Waals surface area contributed by atoms with Gasteiger partial charge < -0.3 is 5.32 Å². The van der Waals surface area contributed by atoms with Crippen molar-refractivity contribution in [2.75, 3.05) is 18.8 Å². The fraction of sp³-hybridized carbons (Fsp3) is 0.688. The molecule has 3 heteroatoms. The van der Waals surface area contributed by atoms with Crippen molar-refractivity contribution in [2.24, 2.45) is 5.92 Å². The average molecular weight is 278 g/mol. The average Bonchev–Trinajstić information content (AvgIpc) is 2.38. The highest BCUT2D eigenvalue weighted by molar-refractivity contribution is 7.99. The Hall–Kier alpha value is -0.540. The highest BCUT2D eigenvalue weighted by Crippen LogP contribution is 2.22. The Morgan fingerprint density at radius 2 is 2.00 bits per heavy atom. The van der Waals surface area contributed by atoms with Crippen molar-refractivity contribution >= 4 is 11.8 Å². The highest BCUT2D eigenvalue weighted by atomic mass is 32.2. The van der Waals surface area contributed by atoms with Gasteiger partial charge in [-0.15, -0.1) is 11.8 Å². The minimum Gasteiger partial charge on any atom is -0.316 e. The summed E-state index contributed by atoms with van der Waals surface area (Å²) in [6, 6.07) is 4.31. The third-order valence-corrected chi connectivity index (χ3v) is 4.67. The van der Waals surface area contributed by atoms with Crippen molar-refractivity contribution in [1.29, 1.82) is 0 Å². The molecule has 0 unspecified atom stereocenters. The molecule has 1 N–H and O–H groups in total. The third-order valence-electron chi connectivity index (χ3n) is 3.76. The molecule has 1 fully saturated rings. The van der Waals surface area contributed by atoms with E-state index in [0.29, 0.717) is 0 Å². The predicted octanol–water partition coefficient (Wildman–Crippen LogP) is 3.96. The van der Waals surface area contributed by atoms with Gasteiger partial charge in [-0.05, 0) is 56.8 Å². The lowest BCUT2D eigenvalue weighted by atomic mass is 9.89. The first kappa shape index (κ1) is 14.9. The predicted molar refractivity (Wildman–Crippen MR) is 83.9 cm³/mol. The van der Waals surface area contributed by atoms with Crippen LogP contribution in [0.25, 0.3) is 0 Å². The lowest BCUT2D eigenvalue weighted by Crippen LogP contribution is -2.26. The zero-order chi connectivity index (χ0) is 13.5. The smallest absolute Gasteiger partial charge is 0.0966 e. The van der Waals surface area contributed by atoms with Crippen LogP contribution < -0.4 is 5.32 Å². The molecule has 1 aliphatic carbocycles. The van der Waals surface area contributed by atoms with Crippen LogP contribution in [0, 0.1) is 19.8 Å². The lowest BCUT2D eigenvalue weighted by molar-refractivity contribution is 0.345. The molecular weight excluding hydrogens is 252 g/mol. The molecule has 2 nitrogen and oxygen atoms in total. The Bertz CT molecular complexity index is 366. The van der Waals surface area contributed by atoms with Crippen LogP contribution in [0.5, 0.6) is 0 Å². The van der Waals surface area contributed by atoms with Gasteiger partial charge in [0, 0.05) is 18.0 Å². The van der Waals surface area contributed by atoms with Gasteiger partial charge in [0.2, 0.25) is 0 Å². The Balaban J connectivity index is 1.60. The summed E-state index contributed by atoms with van der Waals surface area (Å²) in [6.07, 6.45) is 7.18. The molecule has 0 atom stereocenters. The van der Waals surface area contributed by atoms with Crippen LogP contribution in [0.4, 0.5) is 0 Å². The second kappa shape index (κ2) is 7.91. The van der Waals surface area contributed by atoms with E-state index in [4.69, 9.17) is 0 Å². The fourth-order valence-corrected chi connectivity index (χ4v) is 3.74. The molecule has 0 radical (unpaired) electrons. The van der Waals surface area contributed by atoms with Gasteiger partial charge in [-0.1, -0.05) is 19.3 Å². The monoisotopic (exact) mass is 278 g/mol. The van der Waals surface area contributed by atoms with E-state index in [1.54, 1.807) is 0 Å². The van der Waals surface area contributed by atoms with Crippen LogP contribution in [0.1, 0.15) is 43.4 Å². The number of nitrogens with zero attached hydrogens (tertiary/aromatic N) is 1. The van der Waals surface area contributed by atoms with Crippen molar-refractivity contribution in [2.45, 2.75) is 51.0 Å². The Morgan fingerprint density at radius 3 is 2.74 bits per heavy atom. The summed E-state index contributed by atoms with van der Waals surface area (Å²) >= 11 is 1.86. The standard InChI is InChI=1S/C16H26N2S/c1-13-10-14(2)18-16(11-13)19-9-8-17-12-15-6-4-3-5-7-15/h10-11,15,17H,3-9,12H2,1-2H3. The van der Waals surface area contributed by atoms with E-state index in [2.05, 4.69) is 36.3 Å². The third kappa shape index (κ3) is 5.53. The number of aryl methyl sites for hydroxylation is 2. The number of aromatic nitrogens is 1. The van der Waals surface area contributed by atoms with E-state index in [-0.39, 0.29) is 0 Å². The summed E-state index contributed by atoms with van der Waals surface area (Å²) in [4.78, 5) is 4.56. The van der Waals surface area contributed by atoms with Gasteiger partial charge >= 0.3 is 0 Å². The molecule has 1 aromatic heterocycles. The van der Waals surface area contributed by atoms with Gasteiger partial charge in [-0.2, -0.15) is 0 Å². The maximum atomic E-state index is 4.56. The number of rotatable bonds is 6. The summed E-state index contributed by atoms with van der Waals surface area (Å²) in [5.74, 6) is 2.04. The molecule has 0 aliphatic heterocycles. The maximum absolute atomic E-state index is 4.56. The molecule has 0 amide bonds. The van der Waals surface area contributed by atoms with E-state index >= 15 is 0 Å². The lowest BCUT2D eigenvalue weighted by Gasteiger charge is -2.21. The molecule has 0 bridgehead atoms. The number of pyridine rings is 1. The van der Waals surface area contributed by atoms with Crippen LogP contribution >= 0.6 is 11.8 Å². The molecule has 1 heterocycles. The molecule has 1 saturated carbocycles. The molecule has 0 spiro atoms. The number of nitrogens with one attached hydrogen (secondary N) is 1. The first-order chi connectivity index (χ1) is 9.24. The van der Waals surface area contributed by atoms with E-state index < -0.39 is 0 Å². The molecule has 1 aliphatic rings. The second-order valence-corrected chi connectivity index (χ2v) is 6.80. The Kier molecular flexibility index (Phi) is 6.18. The SMILES string of the molecule is Cc1cc(C)nc(SCCNCC2CCCCC2)c1. The summed E-state index contributed by atoms with van der Waals surface area (Å²) in [5.41, 5.74) is 2.43. The van der Waals surface area contributed by atoms with Crippen molar-refractivity contribution in [3.05, 3.63) is 23.4 Å². The molecular formula is C16H26N2S. The molecule has 0 aromatic carbocycles. The van der Waals surface area contributed by atoms with E-state index in [0.717, 1.165) is 28.9 Å². The summed E-state index contributed by atoms with van der Waals surface area (Å²) in [6.45, 7) is 6.51. The largest absolute Gasteiger partial charge is 0.316 e. The van der Waals surface area contributed by atoms with Gasteiger partial charge in [0.05, 0.1) is 5.03 Å². The van der Waals surface area contributed by atoms with E-state index in [1.165, 1.54) is 44.2 Å². The van der Waals surface area contributed by atoms with Gasteiger partial charge in [0.1, 0.15) is 0 Å². The topological polar surface area (TPSA) is 24.9 Å². The minimum absolute atomic E-state index is 0.929. The van der Waals surface area contributed by atoms with Crippen molar-refractivity contribution < 1.29 is 0 Å². The Labute approximate surface area is 121 Å². The molecule has 106 valence electrons. The van der Waals surface area contributed by atoms with E-state index in [1.807, 2.05) is 11.8 Å². The van der Waals surface area contributed by atoms with Crippen molar-refractivity contribution in [3.63, 3.8) is 0 Å². The van der Waals surface area contributed by atoms with Crippen LogP contribution in [-0.2, 0) is 0 Å². The Morgan fingerprint density at radius 1 is 1.21 bits per heavy atom. The van der Waals surface area contributed by atoms with Gasteiger partial charge in [0.15, 0.2) is 0 Å². The fourth-order valence-electron chi connectivity index (χ4n) is 2.80. The van der Waals surface area contributed by atoms with Gasteiger partial charge in [0.25, 0.3) is 0 Å². The van der Waals surface area contributed by atoms with Crippen molar-refractivity contribution in [1.82, 2.24) is 10.3 Å². The van der Waals surface area contributed by atoms with Crippen molar-refractivity contribution in [3.8, 4) is 0 Å². The molecule has 19 heavy (non-hydrogen) atoms. The highest BCUT2D eigenvalue weighted by Gasteiger charge is 2.12.